The van der Waals surface area contributed by atoms with Crippen LogP contribution >= 0.6 is 0 Å². The van der Waals surface area contributed by atoms with Gasteiger partial charge >= 0.3 is 0 Å². The summed E-state index contributed by atoms with van der Waals surface area (Å²) in [5.41, 5.74) is 3.11. The van der Waals surface area contributed by atoms with E-state index in [1.54, 1.807) is 29.2 Å². The summed E-state index contributed by atoms with van der Waals surface area (Å²) in [6.07, 6.45) is 1.39. The molecule has 0 aromatic heterocycles. The quantitative estimate of drug-likeness (QED) is 0.861. The molecule has 1 aliphatic heterocycles. The zero-order chi connectivity index (χ0) is 18.9. The Bertz CT molecular complexity index is 936. The van der Waals surface area contributed by atoms with E-state index in [-0.39, 0.29) is 16.7 Å². The summed E-state index contributed by atoms with van der Waals surface area (Å²) < 4.78 is 28.4. The first-order valence-electron chi connectivity index (χ1n) is 8.82. The molecule has 2 aromatic rings. The van der Waals surface area contributed by atoms with E-state index in [9.17, 15) is 13.2 Å². The van der Waals surface area contributed by atoms with Gasteiger partial charge in [-0.05, 0) is 54.7 Å². The van der Waals surface area contributed by atoms with E-state index in [0.717, 1.165) is 23.2 Å². The van der Waals surface area contributed by atoms with Crippen LogP contribution in [0.2, 0.25) is 0 Å². The van der Waals surface area contributed by atoms with Crippen molar-refractivity contribution in [1.29, 1.82) is 0 Å². The number of aryl methyl sites for hydroxylation is 1. The molecule has 0 unspecified atom stereocenters. The third kappa shape index (κ3) is 3.60. The molecule has 5 nitrogen and oxygen atoms in total. The highest BCUT2D eigenvalue weighted by molar-refractivity contribution is 7.92. The predicted octanol–water partition coefficient (Wildman–Crippen LogP) is 4.05. The van der Waals surface area contributed by atoms with E-state index in [0.29, 0.717) is 18.7 Å². The molecule has 26 heavy (non-hydrogen) atoms. The molecule has 0 spiro atoms. The Morgan fingerprint density at radius 2 is 1.85 bits per heavy atom. The van der Waals surface area contributed by atoms with Crippen LogP contribution < -0.4 is 9.62 Å². The van der Waals surface area contributed by atoms with Crippen molar-refractivity contribution in [1.82, 2.24) is 0 Å². The minimum Gasteiger partial charge on any atom is -0.312 e. The number of carbonyl (C=O) groups is 1. The van der Waals surface area contributed by atoms with Gasteiger partial charge in [0.2, 0.25) is 5.91 Å². The van der Waals surface area contributed by atoms with Gasteiger partial charge in [0.05, 0.1) is 10.6 Å². The lowest BCUT2D eigenvalue weighted by molar-refractivity contribution is -0.117. The number of carbonyl (C=O) groups excluding carboxylic acids is 1. The van der Waals surface area contributed by atoms with Gasteiger partial charge in [-0.2, -0.15) is 0 Å². The van der Waals surface area contributed by atoms with Crippen LogP contribution in [0, 0.1) is 6.92 Å². The van der Waals surface area contributed by atoms with Crippen LogP contribution in [0.15, 0.2) is 47.4 Å². The summed E-state index contributed by atoms with van der Waals surface area (Å²) in [6, 6.07) is 12.3. The molecular weight excluding hydrogens is 348 g/mol. The number of benzene rings is 2. The topological polar surface area (TPSA) is 66.5 Å². The second kappa shape index (κ2) is 7.11. The summed E-state index contributed by atoms with van der Waals surface area (Å²) in [7, 11) is -3.70. The molecular formula is C20H24N2O3S. The molecule has 3 rings (SSSR count). The second-order valence-electron chi connectivity index (χ2n) is 6.94. The van der Waals surface area contributed by atoms with Crippen LogP contribution in [0.5, 0.6) is 0 Å². The highest BCUT2D eigenvalue weighted by Gasteiger charge is 2.24. The fraction of sp³-hybridized carbons (Fsp3) is 0.350. The molecule has 0 saturated carbocycles. The van der Waals surface area contributed by atoms with Crippen molar-refractivity contribution >= 4 is 27.3 Å². The van der Waals surface area contributed by atoms with Gasteiger partial charge in [0.15, 0.2) is 0 Å². The number of sulfonamides is 1. The van der Waals surface area contributed by atoms with Gasteiger partial charge in [0, 0.05) is 18.7 Å². The molecule has 1 amide bonds. The minimum absolute atomic E-state index is 0.0905. The molecule has 1 saturated heterocycles. The number of nitrogens with zero attached hydrogens (tertiary/aromatic N) is 1. The molecule has 1 heterocycles. The van der Waals surface area contributed by atoms with Crippen LogP contribution in [0.1, 0.15) is 43.7 Å². The van der Waals surface area contributed by atoms with E-state index in [1.807, 2.05) is 39.0 Å². The smallest absolute Gasteiger partial charge is 0.261 e. The average molecular weight is 372 g/mol. The standard InChI is InChI=1S/C20H24N2O3S/c1-14(2)17-7-4-5-8-18(17)21-26(24,25)16-10-11-19(15(3)13-16)22-12-6-9-20(22)23/h4-5,7-8,10-11,13-14,21H,6,9,12H2,1-3H3. The first-order chi connectivity index (χ1) is 12.3. The molecule has 1 fully saturated rings. The van der Waals surface area contributed by atoms with Crippen LogP contribution in [0.4, 0.5) is 11.4 Å². The van der Waals surface area contributed by atoms with Crippen molar-refractivity contribution in [2.24, 2.45) is 0 Å². The maximum absolute atomic E-state index is 12.8. The molecule has 1 aliphatic rings. The summed E-state index contributed by atoms with van der Waals surface area (Å²) in [6.45, 7) is 6.58. The molecule has 0 radical (unpaired) electrons. The second-order valence-corrected chi connectivity index (χ2v) is 8.63. The Kier molecular flexibility index (Phi) is 5.05. The van der Waals surface area contributed by atoms with Crippen LogP contribution in [0.3, 0.4) is 0 Å². The lowest BCUT2D eigenvalue weighted by Crippen LogP contribution is -2.24. The fourth-order valence-corrected chi connectivity index (χ4v) is 4.47. The Morgan fingerprint density at radius 3 is 2.46 bits per heavy atom. The molecule has 6 heteroatoms. The van der Waals surface area contributed by atoms with Gasteiger partial charge in [0.1, 0.15) is 0 Å². The Morgan fingerprint density at radius 1 is 1.12 bits per heavy atom. The lowest BCUT2D eigenvalue weighted by Gasteiger charge is -2.19. The number of hydrogen-bond acceptors (Lipinski definition) is 3. The summed E-state index contributed by atoms with van der Waals surface area (Å²) >= 11 is 0. The monoisotopic (exact) mass is 372 g/mol. The van der Waals surface area contributed by atoms with Crippen molar-refractivity contribution < 1.29 is 13.2 Å². The van der Waals surface area contributed by atoms with Crippen molar-refractivity contribution in [3.8, 4) is 0 Å². The SMILES string of the molecule is Cc1cc(S(=O)(=O)Nc2ccccc2C(C)C)ccc1N1CCCC1=O. The molecule has 1 N–H and O–H groups in total. The van der Waals surface area contributed by atoms with Crippen molar-refractivity contribution in [3.05, 3.63) is 53.6 Å². The fourth-order valence-electron chi connectivity index (χ4n) is 3.30. The molecule has 0 bridgehead atoms. The lowest BCUT2D eigenvalue weighted by atomic mass is 10.0. The summed E-state index contributed by atoms with van der Waals surface area (Å²) in [5, 5.41) is 0. The zero-order valence-corrected chi connectivity index (χ0v) is 16.1. The van der Waals surface area contributed by atoms with E-state index in [4.69, 9.17) is 0 Å². The number of amides is 1. The Balaban J connectivity index is 1.91. The first kappa shape index (κ1) is 18.5. The van der Waals surface area contributed by atoms with Gasteiger partial charge in [-0.15, -0.1) is 0 Å². The highest BCUT2D eigenvalue weighted by atomic mass is 32.2. The van der Waals surface area contributed by atoms with Crippen molar-refractivity contribution in [2.45, 2.75) is 44.4 Å². The van der Waals surface area contributed by atoms with E-state index in [1.165, 1.54) is 0 Å². The maximum atomic E-state index is 12.8. The minimum atomic E-state index is -3.70. The molecule has 0 aliphatic carbocycles. The zero-order valence-electron chi connectivity index (χ0n) is 15.3. The van der Waals surface area contributed by atoms with Gasteiger partial charge in [0.25, 0.3) is 10.0 Å². The van der Waals surface area contributed by atoms with Crippen LogP contribution in [0.25, 0.3) is 0 Å². The number of rotatable bonds is 5. The third-order valence-electron chi connectivity index (χ3n) is 4.67. The number of hydrogen-bond donors (Lipinski definition) is 1. The Hall–Kier alpha value is -2.34. The number of nitrogens with one attached hydrogen (secondary N) is 1. The van der Waals surface area contributed by atoms with Gasteiger partial charge in [-0.1, -0.05) is 32.0 Å². The largest absolute Gasteiger partial charge is 0.312 e. The average Bonchev–Trinajstić information content (AvgIpc) is 3.00. The van der Waals surface area contributed by atoms with Crippen molar-refractivity contribution in [2.75, 3.05) is 16.2 Å². The summed E-state index contributed by atoms with van der Waals surface area (Å²) in [4.78, 5) is 13.9. The van der Waals surface area contributed by atoms with E-state index < -0.39 is 10.0 Å². The predicted molar refractivity (Wildman–Crippen MR) is 104 cm³/mol. The Labute approximate surface area is 155 Å². The normalized spacial score (nSPS) is 14.9. The van der Waals surface area contributed by atoms with Gasteiger partial charge in [-0.25, -0.2) is 8.42 Å². The van der Waals surface area contributed by atoms with E-state index >= 15 is 0 Å². The van der Waals surface area contributed by atoms with E-state index in [2.05, 4.69) is 4.72 Å². The number of anilines is 2. The highest BCUT2D eigenvalue weighted by Crippen LogP contribution is 2.29. The molecule has 138 valence electrons. The maximum Gasteiger partial charge on any atom is 0.261 e. The van der Waals surface area contributed by atoms with Crippen LogP contribution in [-0.4, -0.2) is 20.9 Å². The first-order valence-corrected chi connectivity index (χ1v) is 10.3. The van der Waals surface area contributed by atoms with Gasteiger partial charge < -0.3 is 4.90 Å². The third-order valence-corrected chi connectivity index (χ3v) is 6.03. The molecule has 2 aromatic carbocycles. The van der Waals surface area contributed by atoms with Gasteiger partial charge in [-0.3, -0.25) is 9.52 Å². The summed E-state index contributed by atoms with van der Waals surface area (Å²) in [5.74, 6) is 0.298. The van der Waals surface area contributed by atoms with Crippen molar-refractivity contribution in [3.63, 3.8) is 0 Å². The molecule has 0 atom stereocenters. The number of para-hydroxylation sites is 1. The van der Waals surface area contributed by atoms with Crippen LogP contribution in [-0.2, 0) is 14.8 Å².